The van der Waals surface area contributed by atoms with Gasteiger partial charge in [0, 0.05) is 12.7 Å². The van der Waals surface area contributed by atoms with Gasteiger partial charge in [-0.2, -0.15) is 0 Å². The van der Waals surface area contributed by atoms with Gasteiger partial charge in [-0.3, -0.25) is 0 Å². The Morgan fingerprint density at radius 2 is 1.94 bits per heavy atom. The number of hydrogen-bond donors (Lipinski definition) is 1. The van der Waals surface area contributed by atoms with E-state index in [0.29, 0.717) is 18.3 Å². The van der Waals surface area contributed by atoms with Crippen molar-refractivity contribution in [3.8, 4) is 5.75 Å². The molecule has 1 N–H and O–H groups in total. The molecule has 1 unspecified atom stereocenters. The Hall–Kier alpha value is -1.02. The van der Waals surface area contributed by atoms with E-state index >= 15 is 0 Å². The van der Waals surface area contributed by atoms with E-state index in [0.717, 1.165) is 12.0 Å². The van der Waals surface area contributed by atoms with Crippen LogP contribution in [0.25, 0.3) is 0 Å². The normalized spacial score (nSPS) is 11.6. The van der Waals surface area contributed by atoms with Crippen LogP contribution in [0.5, 0.6) is 5.75 Å². The van der Waals surface area contributed by atoms with Crippen LogP contribution in [0.2, 0.25) is 0 Å². The van der Waals surface area contributed by atoms with Crippen LogP contribution in [-0.2, 0) is 11.3 Å². The van der Waals surface area contributed by atoms with Gasteiger partial charge in [0.05, 0.1) is 6.61 Å². The SMILES string of the molecule is CC.CCC(C)c1ccc(O)c(COC)c1. The second-order valence-electron chi connectivity index (χ2n) is 3.63. The van der Waals surface area contributed by atoms with Crippen molar-refractivity contribution in [3.05, 3.63) is 29.3 Å². The minimum absolute atomic E-state index is 0.318. The smallest absolute Gasteiger partial charge is 0.121 e. The van der Waals surface area contributed by atoms with Crippen LogP contribution >= 0.6 is 0 Å². The molecule has 2 nitrogen and oxygen atoms in total. The molecule has 0 radical (unpaired) electrons. The number of phenolic OH excluding ortho intramolecular Hbond substituents is 1. The van der Waals surface area contributed by atoms with Crippen LogP contribution in [0.3, 0.4) is 0 Å². The van der Waals surface area contributed by atoms with Crippen molar-refractivity contribution in [1.82, 2.24) is 0 Å². The van der Waals surface area contributed by atoms with Gasteiger partial charge in [-0.05, 0) is 30.0 Å². The fourth-order valence-electron chi connectivity index (χ4n) is 1.42. The van der Waals surface area contributed by atoms with Gasteiger partial charge in [0.2, 0.25) is 0 Å². The maximum Gasteiger partial charge on any atom is 0.121 e. The largest absolute Gasteiger partial charge is 0.508 e. The topological polar surface area (TPSA) is 29.5 Å². The molecule has 92 valence electrons. The molecule has 0 aliphatic carbocycles. The van der Waals surface area contributed by atoms with Crippen molar-refractivity contribution in [1.29, 1.82) is 0 Å². The van der Waals surface area contributed by atoms with Crippen LogP contribution in [0.4, 0.5) is 0 Å². The zero-order valence-electron chi connectivity index (χ0n) is 11.1. The lowest BCUT2D eigenvalue weighted by atomic mass is 9.97. The summed E-state index contributed by atoms with van der Waals surface area (Å²) < 4.78 is 5.02. The summed E-state index contributed by atoms with van der Waals surface area (Å²) in [5, 5.41) is 9.54. The summed E-state index contributed by atoms with van der Waals surface area (Å²) in [6.45, 7) is 8.81. The van der Waals surface area contributed by atoms with Gasteiger partial charge < -0.3 is 9.84 Å². The quantitative estimate of drug-likeness (QED) is 0.835. The molecule has 0 aliphatic rings. The van der Waals surface area contributed by atoms with Crippen LogP contribution in [0.1, 0.15) is 51.2 Å². The summed E-state index contributed by atoms with van der Waals surface area (Å²) in [6, 6.07) is 5.74. The Bertz CT molecular complexity index is 295. The summed E-state index contributed by atoms with van der Waals surface area (Å²) in [4.78, 5) is 0. The molecule has 0 spiro atoms. The number of phenols is 1. The predicted molar refractivity (Wildman–Crippen MR) is 68.9 cm³/mol. The predicted octanol–water partition coefficient (Wildman–Crippen LogP) is 4.08. The van der Waals surface area contributed by atoms with E-state index in [4.69, 9.17) is 4.74 Å². The highest BCUT2D eigenvalue weighted by Gasteiger charge is 2.06. The number of benzene rings is 1. The Balaban J connectivity index is 0.00000106. The molecule has 1 aromatic carbocycles. The average molecular weight is 224 g/mol. The van der Waals surface area contributed by atoms with E-state index in [-0.39, 0.29) is 0 Å². The fraction of sp³-hybridized carbons (Fsp3) is 0.571. The summed E-state index contributed by atoms with van der Waals surface area (Å²) in [5.41, 5.74) is 2.13. The first-order chi connectivity index (χ1) is 7.69. The van der Waals surface area contributed by atoms with Gasteiger partial charge in [0.15, 0.2) is 0 Å². The molecule has 0 saturated heterocycles. The second-order valence-corrected chi connectivity index (χ2v) is 3.63. The molecule has 1 aromatic rings. The zero-order chi connectivity index (χ0) is 12.6. The number of aromatic hydroxyl groups is 1. The van der Waals surface area contributed by atoms with Gasteiger partial charge in [-0.25, -0.2) is 0 Å². The lowest BCUT2D eigenvalue weighted by molar-refractivity contribution is 0.182. The first-order valence-electron chi connectivity index (χ1n) is 5.99. The van der Waals surface area contributed by atoms with Crippen molar-refractivity contribution in [2.24, 2.45) is 0 Å². The van der Waals surface area contributed by atoms with Crippen LogP contribution in [0, 0.1) is 0 Å². The minimum atomic E-state index is 0.318. The molecule has 2 heteroatoms. The van der Waals surface area contributed by atoms with Gasteiger partial charge in [0.25, 0.3) is 0 Å². The van der Waals surface area contributed by atoms with E-state index in [1.54, 1.807) is 13.2 Å². The third-order valence-electron chi connectivity index (χ3n) is 2.58. The maximum atomic E-state index is 9.54. The third-order valence-corrected chi connectivity index (χ3v) is 2.58. The summed E-state index contributed by atoms with van der Waals surface area (Å²) in [5.74, 6) is 0.852. The fourth-order valence-corrected chi connectivity index (χ4v) is 1.42. The molecule has 0 saturated carbocycles. The van der Waals surface area contributed by atoms with Gasteiger partial charge in [-0.1, -0.05) is 33.8 Å². The lowest BCUT2D eigenvalue weighted by Gasteiger charge is -2.11. The molecule has 0 fully saturated rings. The Morgan fingerprint density at radius 1 is 1.31 bits per heavy atom. The number of rotatable bonds is 4. The van der Waals surface area contributed by atoms with E-state index in [1.807, 2.05) is 26.0 Å². The molecule has 0 bridgehead atoms. The monoisotopic (exact) mass is 224 g/mol. The van der Waals surface area contributed by atoms with Crippen molar-refractivity contribution >= 4 is 0 Å². The minimum Gasteiger partial charge on any atom is -0.508 e. The Morgan fingerprint density at radius 3 is 2.44 bits per heavy atom. The van der Waals surface area contributed by atoms with Crippen molar-refractivity contribution in [3.63, 3.8) is 0 Å². The third kappa shape index (κ3) is 4.23. The Kier molecular flexibility index (Phi) is 7.65. The highest BCUT2D eigenvalue weighted by atomic mass is 16.5. The molecule has 1 rings (SSSR count). The molecular weight excluding hydrogens is 200 g/mol. The highest BCUT2D eigenvalue weighted by Crippen LogP contribution is 2.25. The van der Waals surface area contributed by atoms with E-state index < -0.39 is 0 Å². The molecule has 0 aromatic heterocycles. The van der Waals surface area contributed by atoms with Crippen LogP contribution in [0.15, 0.2) is 18.2 Å². The van der Waals surface area contributed by atoms with Gasteiger partial charge >= 0.3 is 0 Å². The molecule has 0 aliphatic heterocycles. The number of ether oxygens (including phenoxy) is 1. The first kappa shape index (κ1) is 15.0. The highest BCUT2D eigenvalue weighted by molar-refractivity contribution is 5.36. The van der Waals surface area contributed by atoms with Crippen LogP contribution < -0.4 is 0 Å². The standard InChI is InChI=1S/C12H18O2.C2H6/c1-4-9(2)10-5-6-12(13)11(7-10)8-14-3;1-2/h5-7,9,13H,4,8H2,1-3H3;1-2H3. The molecule has 0 heterocycles. The van der Waals surface area contributed by atoms with Crippen molar-refractivity contribution < 1.29 is 9.84 Å². The second kappa shape index (κ2) is 8.17. The van der Waals surface area contributed by atoms with Crippen molar-refractivity contribution in [2.45, 2.75) is 46.6 Å². The maximum absolute atomic E-state index is 9.54. The average Bonchev–Trinajstić information content (AvgIpc) is 2.34. The molecular formula is C14H24O2. The van der Waals surface area contributed by atoms with Crippen LogP contribution in [-0.4, -0.2) is 12.2 Å². The summed E-state index contributed by atoms with van der Waals surface area (Å²) in [6.07, 6.45) is 1.11. The number of hydrogen-bond acceptors (Lipinski definition) is 2. The van der Waals surface area contributed by atoms with Gasteiger partial charge in [-0.15, -0.1) is 0 Å². The zero-order valence-corrected chi connectivity index (χ0v) is 11.1. The summed E-state index contributed by atoms with van der Waals surface area (Å²) >= 11 is 0. The molecule has 1 atom stereocenters. The molecule has 0 amide bonds. The Labute approximate surface area is 99.3 Å². The van der Waals surface area contributed by atoms with E-state index in [1.165, 1.54) is 5.56 Å². The van der Waals surface area contributed by atoms with E-state index in [9.17, 15) is 5.11 Å². The van der Waals surface area contributed by atoms with Crippen molar-refractivity contribution in [2.75, 3.05) is 7.11 Å². The van der Waals surface area contributed by atoms with E-state index in [2.05, 4.69) is 13.8 Å². The van der Waals surface area contributed by atoms with Gasteiger partial charge in [0.1, 0.15) is 5.75 Å². The lowest BCUT2D eigenvalue weighted by Crippen LogP contribution is -1.95. The molecule has 16 heavy (non-hydrogen) atoms. The first-order valence-corrected chi connectivity index (χ1v) is 5.99. The number of methoxy groups -OCH3 is 1. The summed E-state index contributed by atoms with van der Waals surface area (Å²) in [7, 11) is 1.63.